The normalized spacial score (nSPS) is 11.5. The topological polar surface area (TPSA) is 59.5 Å². The Morgan fingerprint density at radius 3 is 2.95 bits per heavy atom. The standard InChI is InChI=1S/C13H15N5O/c1-10-7-11(19-16-10)8-17(2)9-13-15-14-12-5-3-4-6-18(12)13/h3-7H,8-9H2,1-2H3. The fourth-order valence-electron chi connectivity index (χ4n) is 2.05. The minimum atomic E-state index is 0.697. The summed E-state index contributed by atoms with van der Waals surface area (Å²) in [5, 5.41) is 12.2. The predicted octanol–water partition coefficient (Wildman–Crippen LogP) is 1.66. The fourth-order valence-corrected chi connectivity index (χ4v) is 2.05. The van der Waals surface area contributed by atoms with Gasteiger partial charge in [-0.1, -0.05) is 11.2 Å². The maximum Gasteiger partial charge on any atom is 0.160 e. The summed E-state index contributed by atoms with van der Waals surface area (Å²) in [6, 6.07) is 7.81. The van der Waals surface area contributed by atoms with Gasteiger partial charge >= 0.3 is 0 Å². The van der Waals surface area contributed by atoms with E-state index in [0.717, 1.165) is 22.9 Å². The van der Waals surface area contributed by atoms with Crippen LogP contribution in [0, 0.1) is 6.92 Å². The Balaban J connectivity index is 1.74. The third kappa shape index (κ3) is 2.48. The van der Waals surface area contributed by atoms with Gasteiger partial charge in [-0.15, -0.1) is 10.2 Å². The summed E-state index contributed by atoms with van der Waals surface area (Å²) < 4.78 is 7.20. The molecule has 0 amide bonds. The average Bonchev–Trinajstić information content (AvgIpc) is 2.97. The zero-order valence-corrected chi connectivity index (χ0v) is 10.9. The van der Waals surface area contributed by atoms with Crippen LogP contribution in [0.15, 0.2) is 35.0 Å². The zero-order chi connectivity index (χ0) is 13.2. The van der Waals surface area contributed by atoms with E-state index in [2.05, 4.69) is 20.3 Å². The van der Waals surface area contributed by atoms with Gasteiger partial charge in [-0.2, -0.15) is 0 Å². The Morgan fingerprint density at radius 1 is 1.26 bits per heavy atom. The lowest BCUT2D eigenvalue weighted by atomic mass is 10.3. The van der Waals surface area contributed by atoms with E-state index in [4.69, 9.17) is 4.52 Å². The molecule has 3 rings (SSSR count). The molecule has 0 spiro atoms. The highest BCUT2D eigenvalue weighted by Crippen LogP contribution is 2.09. The van der Waals surface area contributed by atoms with Crippen LogP contribution in [-0.4, -0.2) is 31.7 Å². The van der Waals surface area contributed by atoms with Gasteiger partial charge < -0.3 is 4.52 Å². The van der Waals surface area contributed by atoms with Crippen LogP contribution in [0.4, 0.5) is 0 Å². The second kappa shape index (κ2) is 4.81. The minimum absolute atomic E-state index is 0.697. The first-order chi connectivity index (χ1) is 9.22. The maximum atomic E-state index is 5.21. The van der Waals surface area contributed by atoms with E-state index in [0.29, 0.717) is 13.1 Å². The molecule has 3 heterocycles. The highest BCUT2D eigenvalue weighted by Gasteiger charge is 2.10. The molecule has 0 atom stereocenters. The molecule has 6 nitrogen and oxygen atoms in total. The lowest BCUT2D eigenvalue weighted by Crippen LogP contribution is -2.18. The second-order valence-electron chi connectivity index (χ2n) is 4.65. The molecule has 3 aromatic heterocycles. The third-order valence-electron chi connectivity index (χ3n) is 2.90. The summed E-state index contributed by atoms with van der Waals surface area (Å²) in [7, 11) is 2.02. The Hall–Kier alpha value is -2.21. The van der Waals surface area contributed by atoms with Crippen molar-refractivity contribution in [3.63, 3.8) is 0 Å². The van der Waals surface area contributed by atoms with Crippen LogP contribution >= 0.6 is 0 Å². The number of hydrogen-bond acceptors (Lipinski definition) is 5. The molecule has 0 saturated heterocycles. The lowest BCUT2D eigenvalue weighted by molar-refractivity contribution is 0.260. The van der Waals surface area contributed by atoms with Gasteiger partial charge in [0.1, 0.15) is 0 Å². The Morgan fingerprint density at radius 2 is 2.16 bits per heavy atom. The summed E-state index contributed by atoms with van der Waals surface area (Å²) in [6.45, 7) is 3.31. The molecule has 0 fully saturated rings. The van der Waals surface area contributed by atoms with Crippen molar-refractivity contribution in [2.75, 3.05) is 7.05 Å². The number of hydrogen-bond donors (Lipinski definition) is 0. The van der Waals surface area contributed by atoms with Gasteiger partial charge in [-0.05, 0) is 26.1 Å². The Kier molecular flexibility index (Phi) is 3.00. The van der Waals surface area contributed by atoms with Gasteiger partial charge in [0.2, 0.25) is 0 Å². The van der Waals surface area contributed by atoms with Crippen molar-refractivity contribution < 1.29 is 4.52 Å². The molecule has 0 aliphatic rings. The molecule has 3 aromatic rings. The van der Waals surface area contributed by atoms with Crippen LogP contribution in [-0.2, 0) is 13.1 Å². The number of aryl methyl sites for hydroxylation is 1. The van der Waals surface area contributed by atoms with E-state index in [9.17, 15) is 0 Å². The molecule has 0 N–H and O–H groups in total. The monoisotopic (exact) mass is 257 g/mol. The van der Waals surface area contributed by atoms with Gasteiger partial charge in [0.05, 0.1) is 18.8 Å². The third-order valence-corrected chi connectivity index (χ3v) is 2.90. The zero-order valence-electron chi connectivity index (χ0n) is 10.9. The van der Waals surface area contributed by atoms with Crippen LogP contribution in [0.1, 0.15) is 17.3 Å². The molecule has 0 saturated carbocycles. The summed E-state index contributed by atoms with van der Waals surface area (Å²) in [6.07, 6.45) is 1.97. The molecule has 0 aliphatic carbocycles. The molecule has 0 unspecified atom stereocenters. The quantitative estimate of drug-likeness (QED) is 0.711. The van der Waals surface area contributed by atoms with E-state index in [1.807, 2.05) is 48.8 Å². The molecule has 0 radical (unpaired) electrons. The van der Waals surface area contributed by atoms with Crippen LogP contribution in [0.25, 0.3) is 5.65 Å². The van der Waals surface area contributed by atoms with Crippen molar-refractivity contribution in [2.24, 2.45) is 0 Å². The minimum Gasteiger partial charge on any atom is -0.360 e. The van der Waals surface area contributed by atoms with E-state index in [1.165, 1.54) is 0 Å². The number of nitrogens with zero attached hydrogens (tertiary/aromatic N) is 5. The Labute approximate surface area is 110 Å². The molecular weight excluding hydrogens is 242 g/mol. The fraction of sp³-hybridized carbons (Fsp3) is 0.308. The van der Waals surface area contributed by atoms with Crippen molar-refractivity contribution in [1.29, 1.82) is 0 Å². The first-order valence-electron chi connectivity index (χ1n) is 6.12. The number of fused-ring (bicyclic) bond motifs is 1. The first kappa shape index (κ1) is 11.9. The highest BCUT2D eigenvalue weighted by atomic mass is 16.5. The highest BCUT2D eigenvalue weighted by molar-refractivity contribution is 5.36. The lowest BCUT2D eigenvalue weighted by Gasteiger charge is -2.12. The second-order valence-corrected chi connectivity index (χ2v) is 4.65. The van der Waals surface area contributed by atoms with E-state index in [1.54, 1.807) is 0 Å². The van der Waals surface area contributed by atoms with Crippen LogP contribution in [0.5, 0.6) is 0 Å². The SMILES string of the molecule is Cc1cc(CN(C)Cc2nnc3ccccn23)on1. The van der Waals surface area contributed by atoms with E-state index in [-0.39, 0.29) is 0 Å². The summed E-state index contributed by atoms with van der Waals surface area (Å²) >= 11 is 0. The largest absolute Gasteiger partial charge is 0.360 e. The molecular formula is C13H15N5O. The van der Waals surface area contributed by atoms with Crippen molar-refractivity contribution in [3.8, 4) is 0 Å². The van der Waals surface area contributed by atoms with Crippen molar-refractivity contribution in [1.82, 2.24) is 24.7 Å². The molecule has 0 aromatic carbocycles. The number of pyridine rings is 1. The smallest absolute Gasteiger partial charge is 0.160 e. The van der Waals surface area contributed by atoms with Gasteiger partial charge in [-0.3, -0.25) is 9.30 Å². The number of aromatic nitrogens is 4. The molecule has 19 heavy (non-hydrogen) atoms. The summed E-state index contributed by atoms with van der Waals surface area (Å²) in [5.74, 6) is 1.77. The average molecular weight is 257 g/mol. The van der Waals surface area contributed by atoms with E-state index >= 15 is 0 Å². The maximum absolute atomic E-state index is 5.21. The first-order valence-corrected chi connectivity index (χ1v) is 6.12. The van der Waals surface area contributed by atoms with Crippen molar-refractivity contribution in [3.05, 3.63) is 47.7 Å². The Bertz CT molecular complexity index is 687. The molecule has 98 valence electrons. The van der Waals surface area contributed by atoms with Crippen LogP contribution < -0.4 is 0 Å². The molecule has 6 heteroatoms. The van der Waals surface area contributed by atoms with Gasteiger partial charge in [0.15, 0.2) is 17.2 Å². The van der Waals surface area contributed by atoms with Gasteiger partial charge in [0, 0.05) is 12.3 Å². The van der Waals surface area contributed by atoms with Crippen LogP contribution in [0.2, 0.25) is 0 Å². The number of rotatable bonds is 4. The summed E-state index contributed by atoms with van der Waals surface area (Å²) in [5.41, 5.74) is 1.76. The molecule has 0 bridgehead atoms. The van der Waals surface area contributed by atoms with E-state index < -0.39 is 0 Å². The van der Waals surface area contributed by atoms with Crippen molar-refractivity contribution >= 4 is 5.65 Å². The molecule has 0 aliphatic heterocycles. The van der Waals surface area contributed by atoms with Crippen molar-refractivity contribution in [2.45, 2.75) is 20.0 Å². The van der Waals surface area contributed by atoms with Gasteiger partial charge in [-0.25, -0.2) is 0 Å². The van der Waals surface area contributed by atoms with Gasteiger partial charge in [0.25, 0.3) is 0 Å². The predicted molar refractivity (Wildman–Crippen MR) is 69.4 cm³/mol. The summed E-state index contributed by atoms with van der Waals surface area (Å²) in [4.78, 5) is 2.11. The van der Waals surface area contributed by atoms with Crippen LogP contribution in [0.3, 0.4) is 0 Å².